The molecular weight excluding hydrogens is 240 g/mol. The molecule has 19 heavy (non-hydrogen) atoms. The van der Waals surface area contributed by atoms with E-state index in [-0.39, 0.29) is 18.1 Å². The standard InChI is InChI=1S/C15H22N2O2/c1-10-6-4-5-7-13(10)14-8-17(11(2)9-19-14)15(18)12(3)16/h4-7,11-12,14H,8-9,16H2,1-3H3/t11-,12-,14-/m0/s1. The van der Waals surface area contributed by atoms with E-state index >= 15 is 0 Å². The molecule has 1 aromatic rings. The Hall–Kier alpha value is -1.39. The number of benzene rings is 1. The first-order chi connectivity index (χ1) is 9.00. The van der Waals surface area contributed by atoms with E-state index in [1.165, 1.54) is 5.56 Å². The van der Waals surface area contributed by atoms with Gasteiger partial charge in [0.05, 0.1) is 25.2 Å². The molecule has 1 aromatic carbocycles. The summed E-state index contributed by atoms with van der Waals surface area (Å²) in [6.07, 6.45) is -0.0555. The Bertz CT molecular complexity index is 459. The number of aryl methyl sites for hydroxylation is 1. The van der Waals surface area contributed by atoms with Gasteiger partial charge in [0.15, 0.2) is 0 Å². The Balaban J connectivity index is 2.18. The number of rotatable bonds is 2. The minimum Gasteiger partial charge on any atom is -0.370 e. The second kappa shape index (κ2) is 5.72. The summed E-state index contributed by atoms with van der Waals surface area (Å²) in [4.78, 5) is 14.0. The molecule has 1 heterocycles. The largest absolute Gasteiger partial charge is 0.370 e. The molecule has 0 bridgehead atoms. The van der Waals surface area contributed by atoms with Crippen LogP contribution in [0.15, 0.2) is 24.3 Å². The van der Waals surface area contributed by atoms with Crippen LogP contribution in [0.2, 0.25) is 0 Å². The van der Waals surface area contributed by atoms with Crippen molar-refractivity contribution in [2.24, 2.45) is 5.73 Å². The molecule has 2 rings (SSSR count). The molecule has 0 radical (unpaired) electrons. The molecule has 1 saturated heterocycles. The van der Waals surface area contributed by atoms with E-state index in [1.54, 1.807) is 6.92 Å². The number of morpholine rings is 1. The molecule has 104 valence electrons. The van der Waals surface area contributed by atoms with Gasteiger partial charge in [-0.05, 0) is 31.9 Å². The number of nitrogens with two attached hydrogens (primary N) is 1. The maximum absolute atomic E-state index is 12.1. The van der Waals surface area contributed by atoms with E-state index in [2.05, 4.69) is 19.1 Å². The fourth-order valence-corrected chi connectivity index (χ4v) is 2.46. The third kappa shape index (κ3) is 2.96. The monoisotopic (exact) mass is 262 g/mol. The van der Waals surface area contributed by atoms with Crippen molar-refractivity contribution in [1.82, 2.24) is 4.90 Å². The lowest BCUT2D eigenvalue weighted by Crippen LogP contribution is -2.52. The van der Waals surface area contributed by atoms with Crippen LogP contribution in [-0.4, -0.2) is 36.0 Å². The van der Waals surface area contributed by atoms with Gasteiger partial charge in [-0.25, -0.2) is 0 Å². The quantitative estimate of drug-likeness (QED) is 0.881. The highest BCUT2D eigenvalue weighted by Gasteiger charge is 2.32. The Labute approximate surface area is 114 Å². The van der Waals surface area contributed by atoms with Gasteiger partial charge < -0.3 is 15.4 Å². The first-order valence-corrected chi connectivity index (χ1v) is 6.74. The summed E-state index contributed by atoms with van der Waals surface area (Å²) in [5.41, 5.74) is 8.05. The summed E-state index contributed by atoms with van der Waals surface area (Å²) in [6, 6.07) is 7.76. The van der Waals surface area contributed by atoms with E-state index in [0.717, 1.165) is 5.56 Å². The summed E-state index contributed by atoms with van der Waals surface area (Å²) in [5.74, 6) is -0.00520. The lowest BCUT2D eigenvalue weighted by molar-refractivity contribution is -0.145. The van der Waals surface area contributed by atoms with Crippen LogP contribution in [0.3, 0.4) is 0 Å². The van der Waals surface area contributed by atoms with E-state index in [0.29, 0.717) is 13.2 Å². The van der Waals surface area contributed by atoms with Gasteiger partial charge in [0.25, 0.3) is 0 Å². The summed E-state index contributed by atoms with van der Waals surface area (Å²) in [7, 11) is 0. The molecule has 0 aliphatic carbocycles. The van der Waals surface area contributed by atoms with E-state index in [4.69, 9.17) is 10.5 Å². The number of amides is 1. The molecule has 1 fully saturated rings. The number of ether oxygens (including phenoxy) is 1. The van der Waals surface area contributed by atoms with E-state index in [9.17, 15) is 4.79 Å². The summed E-state index contributed by atoms with van der Waals surface area (Å²) < 4.78 is 5.88. The highest BCUT2D eigenvalue weighted by atomic mass is 16.5. The van der Waals surface area contributed by atoms with Gasteiger partial charge in [0.1, 0.15) is 6.10 Å². The molecule has 2 N–H and O–H groups in total. The van der Waals surface area contributed by atoms with Gasteiger partial charge in [-0.2, -0.15) is 0 Å². The van der Waals surface area contributed by atoms with Crippen molar-refractivity contribution in [3.05, 3.63) is 35.4 Å². The van der Waals surface area contributed by atoms with Crippen molar-refractivity contribution in [2.75, 3.05) is 13.2 Å². The van der Waals surface area contributed by atoms with Crippen LogP contribution in [0.5, 0.6) is 0 Å². The molecule has 0 spiro atoms. The maximum atomic E-state index is 12.1. The highest BCUT2D eigenvalue weighted by Crippen LogP contribution is 2.27. The zero-order valence-electron chi connectivity index (χ0n) is 11.8. The van der Waals surface area contributed by atoms with E-state index in [1.807, 2.05) is 24.0 Å². The van der Waals surface area contributed by atoms with Crippen LogP contribution < -0.4 is 5.73 Å². The predicted octanol–water partition coefficient (Wildman–Crippen LogP) is 1.63. The first kappa shape index (κ1) is 14.0. The highest BCUT2D eigenvalue weighted by molar-refractivity contribution is 5.81. The van der Waals surface area contributed by atoms with Crippen LogP contribution >= 0.6 is 0 Å². The molecule has 0 aromatic heterocycles. The number of carbonyl (C=O) groups is 1. The van der Waals surface area contributed by atoms with E-state index < -0.39 is 6.04 Å². The Kier molecular flexibility index (Phi) is 4.22. The van der Waals surface area contributed by atoms with Gasteiger partial charge in [0.2, 0.25) is 5.91 Å². The minimum atomic E-state index is -0.460. The smallest absolute Gasteiger partial charge is 0.239 e. The lowest BCUT2D eigenvalue weighted by atomic mass is 10.0. The fourth-order valence-electron chi connectivity index (χ4n) is 2.46. The molecule has 4 nitrogen and oxygen atoms in total. The van der Waals surface area contributed by atoms with Crippen molar-refractivity contribution in [2.45, 2.75) is 39.0 Å². The fraction of sp³-hybridized carbons (Fsp3) is 0.533. The number of carbonyl (C=O) groups excluding carboxylic acids is 1. The number of hydrogen-bond acceptors (Lipinski definition) is 3. The Morgan fingerprint density at radius 2 is 2.16 bits per heavy atom. The Morgan fingerprint density at radius 1 is 1.47 bits per heavy atom. The zero-order chi connectivity index (χ0) is 14.0. The number of nitrogens with zero attached hydrogens (tertiary/aromatic N) is 1. The van der Waals surface area contributed by atoms with Gasteiger partial charge in [-0.1, -0.05) is 24.3 Å². The molecule has 3 atom stereocenters. The topological polar surface area (TPSA) is 55.6 Å². The summed E-state index contributed by atoms with van der Waals surface area (Å²) >= 11 is 0. The van der Waals surface area contributed by atoms with Crippen molar-refractivity contribution in [3.63, 3.8) is 0 Å². The maximum Gasteiger partial charge on any atom is 0.239 e. The molecule has 1 aliphatic rings. The lowest BCUT2D eigenvalue weighted by Gasteiger charge is -2.39. The zero-order valence-corrected chi connectivity index (χ0v) is 11.8. The van der Waals surface area contributed by atoms with Gasteiger partial charge in [0, 0.05) is 0 Å². The van der Waals surface area contributed by atoms with Crippen LogP contribution in [0.4, 0.5) is 0 Å². The van der Waals surface area contributed by atoms with Gasteiger partial charge >= 0.3 is 0 Å². The predicted molar refractivity (Wildman–Crippen MR) is 74.7 cm³/mol. The van der Waals surface area contributed by atoms with Gasteiger partial charge in [-0.3, -0.25) is 4.79 Å². The normalized spacial score (nSPS) is 25.2. The first-order valence-electron chi connectivity index (χ1n) is 6.74. The Morgan fingerprint density at radius 3 is 2.79 bits per heavy atom. The molecule has 1 amide bonds. The summed E-state index contributed by atoms with van der Waals surface area (Å²) in [5, 5.41) is 0. The summed E-state index contributed by atoms with van der Waals surface area (Å²) in [6.45, 7) is 6.92. The van der Waals surface area contributed by atoms with Crippen LogP contribution in [-0.2, 0) is 9.53 Å². The molecular formula is C15H22N2O2. The third-order valence-corrected chi connectivity index (χ3v) is 3.64. The number of hydrogen-bond donors (Lipinski definition) is 1. The third-order valence-electron chi connectivity index (χ3n) is 3.64. The van der Waals surface area contributed by atoms with Crippen LogP contribution in [0.1, 0.15) is 31.1 Å². The second-order valence-electron chi connectivity index (χ2n) is 5.31. The average Bonchev–Trinajstić information content (AvgIpc) is 2.39. The molecule has 0 saturated carbocycles. The van der Waals surface area contributed by atoms with Crippen molar-refractivity contribution >= 4 is 5.91 Å². The van der Waals surface area contributed by atoms with Crippen molar-refractivity contribution in [3.8, 4) is 0 Å². The molecule has 4 heteroatoms. The SMILES string of the molecule is Cc1ccccc1[C@@H]1CN(C(=O)[C@H](C)N)[C@@H](C)CO1. The van der Waals surface area contributed by atoms with Crippen LogP contribution in [0, 0.1) is 6.92 Å². The molecule has 0 unspecified atom stereocenters. The molecule has 1 aliphatic heterocycles. The minimum absolute atomic E-state index is 0.00520. The second-order valence-corrected chi connectivity index (χ2v) is 5.31. The van der Waals surface area contributed by atoms with Crippen molar-refractivity contribution in [1.29, 1.82) is 0 Å². The van der Waals surface area contributed by atoms with Crippen molar-refractivity contribution < 1.29 is 9.53 Å². The van der Waals surface area contributed by atoms with Gasteiger partial charge in [-0.15, -0.1) is 0 Å². The van der Waals surface area contributed by atoms with Crippen LogP contribution in [0.25, 0.3) is 0 Å². The average molecular weight is 262 g/mol.